The van der Waals surface area contributed by atoms with Gasteiger partial charge in [0.15, 0.2) is 0 Å². The highest BCUT2D eigenvalue weighted by Gasteiger charge is 2.11. The van der Waals surface area contributed by atoms with Gasteiger partial charge in [-0.1, -0.05) is 31.2 Å². The first-order valence-corrected chi connectivity index (χ1v) is 9.51. The van der Waals surface area contributed by atoms with E-state index >= 15 is 0 Å². The molecule has 24 heavy (non-hydrogen) atoms. The van der Waals surface area contributed by atoms with Crippen LogP contribution in [-0.4, -0.2) is 21.5 Å². The van der Waals surface area contributed by atoms with Gasteiger partial charge in [0, 0.05) is 23.4 Å². The molecule has 0 aliphatic heterocycles. The predicted molar refractivity (Wildman–Crippen MR) is 104 cm³/mol. The largest absolute Gasteiger partial charge is 0.390 e. The number of aliphatic hydroxyl groups excluding tert-OH is 1. The summed E-state index contributed by atoms with van der Waals surface area (Å²) in [5, 5.41) is 11.8. The number of benzene rings is 2. The van der Waals surface area contributed by atoms with Crippen LogP contribution < -0.4 is 0 Å². The maximum absolute atomic E-state index is 10.5. The molecule has 2 aromatic carbocycles. The summed E-state index contributed by atoms with van der Waals surface area (Å²) in [6.45, 7) is 7.05. The molecule has 1 unspecified atom stereocenters. The third-order valence-electron chi connectivity index (χ3n) is 4.30. The highest BCUT2D eigenvalue weighted by molar-refractivity contribution is 7.99. The van der Waals surface area contributed by atoms with Crippen molar-refractivity contribution in [1.29, 1.82) is 0 Å². The molecule has 1 N–H and O–H groups in total. The minimum Gasteiger partial charge on any atom is -0.390 e. The SMILES string of the molecule is CCc1cccc2ccn(CC(O)CSc3cc(C)cc(C)c3)c12. The summed E-state index contributed by atoms with van der Waals surface area (Å²) >= 11 is 1.73. The highest BCUT2D eigenvalue weighted by atomic mass is 32.2. The van der Waals surface area contributed by atoms with Crippen molar-refractivity contribution < 1.29 is 5.11 Å². The van der Waals surface area contributed by atoms with Crippen molar-refractivity contribution in [1.82, 2.24) is 4.57 Å². The molecular formula is C21H25NOS. The maximum Gasteiger partial charge on any atom is 0.0812 e. The molecule has 3 aromatic rings. The first-order valence-electron chi connectivity index (χ1n) is 8.52. The van der Waals surface area contributed by atoms with Crippen LogP contribution in [0.25, 0.3) is 10.9 Å². The van der Waals surface area contributed by atoms with E-state index in [1.165, 1.54) is 32.5 Å². The van der Waals surface area contributed by atoms with Crippen molar-refractivity contribution in [2.24, 2.45) is 0 Å². The van der Waals surface area contributed by atoms with E-state index in [9.17, 15) is 5.11 Å². The Hall–Kier alpha value is -1.71. The van der Waals surface area contributed by atoms with Crippen LogP contribution in [-0.2, 0) is 13.0 Å². The van der Waals surface area contributed by atoms with Crippen molar-refractivity contribution in [3.63, 3.8) is 0 Å². The Kier molecular flexibility index (Phi) is 5.32. The van der Waals surface area contributed by atoms with E-state index in [4.69, 9.17) is 0 Å². The van der Waals surface area contributed by atoms with Crippen LogP contribution in [0.15, 0.2) is 53.6 Å². The fourth-order valence-electron chi connectivity index (χ4n) is 3.27. The maximum atomic E-state index is 10.5. The van der Waals surface area contributed by atoms with Crippen LogP contribution >= 0.6 is 11.8 Å². The fourth-order valence-corrected chi connectivity index (χ4v) is 4.30. The average molecular weight is 340 g/mol. The molecule has 1 heterocycles. The number of nitrogens with zero attached hydrogens (tertiary/aromatic N) is 1. The molecule has 0 spiro atoms. The van der Waals surface area contributed by atoms with Gasteiger partial charge < -0.3 is 9.67 Å². The molecule has 1 aromatic heterocycles. The Morgan fingerprint density at radius 2 is 1.83 bits per heavy atom. The Morgan fingerprint density at radius 1 is 1.08 bits per heavy atom. The Labute approximate surface area is 148 Å². The quantitative estimate of drug-likeness (QED) is 0.641. The summed E-state index contributed by atoms with van der Waals surface area (Å²) in [7, 11) is 0. The molecule has 2 nitrogen and oxygen atoms in total. The van der Waals surface area contributed by atoms with Crippen molar-refractivity contribution >= 4 is 22.7 Å². The number of aromatic nitrogens is 1. The van der Waals surface area contributed by atoms with Crippen LogP contribution in [0.4, 0.5) is 0 Å². The number of hydrogen-bond acceptors (Lipinski definition) is 2. The summed E-state index contributed by atoms with van der Waals surface area (Å²) in [6, 6.07) is 15.1. The van der Waals surface area contributed by atoms with Crippen LogP contribution in [0, 0.1) is 13.8 Å². The van der Waals surface area contributed by atoms with Gasteiger partial charge in [-0.15, -0.1) is 11.8 Å². The lowest BCUT2D eigenvalue weighted by molar-refractivity contribution is 0.180. The smallest absolute Gasteiger partial charge is 0.0812 e. The fraction of sp³-hybridized carbons (Fsp3) is 0.333. The second kappa shape index (κ2) is 7.45. The molecule has 0 bridgehead atoms. The van der Waals surface area contributed by atoms with Crippen molar-refractivity contribution in [2.45, 2.75) is 44.7 Å². The van der Waals surface area contributed by atoms with Gasteiger partial charge in [0.25, 0.3) is 0 Å². The third-order valence-corrected chi connectivity index (χ3v) is 5.42. The standard InChI is InChI=1S/C21H25NOS/c1-4-17-6-5-7-18-8-9-22(21(17)18)13-19(23)14-24-20-11-15(2)10-16(3)12-20/h5-12,19,23H,4,13-14H2,1-3H3. The minimum atomic E-state index is -0.365. The van der Waals surface area contributed by atoms with Crippen molar-refractivity contribution in [3.05, 3.63) is 65.4 Å². The van der Waals surface area contributed by atoms with Gasteiger partial charge in [-0.3, -0.25) is 0 Å². The lowest BCUT2D eigenvalue weighted by Gasteiger charge is -2.14. The van der Waals surface area contributed by atoms with E-state index in [-0.39, 0.29) is 6.10 Å². The summed E-state index contributed by atoms with van der Waals surface area (Å²) < 4.78 is 2.20. The van der Waals surface area contributed by atoms with E-state index in [0.717, 1.165) is 6.42 Å². The van der Waals surface area contributed by atoms with E-state index in [0.29, 0.717) is 12.3 Å². The second-order valence-corrected chi connectivity index (χ2v) is 7.56. The summed E-state index contributed by atoms with van der Waals surface area (Å²) in [5.41, 5.74) is 5.15. The minimum absolute atomic E-state index is 0.365. The van der Waals surface area contributed by atoms with E-state index in [2.05, 4.69) is 74.0 Å². The summed E-state index contributed by atoms with van der Waals surface area (Å²) in [4.78, 5) is 1.23. The molecule has 0 amide bonds. The van der Waals surface area contributed by atoms with Gasteiger partial charge in [-0.25, -0.2) is 0 Å². The van der Waals surface area contributed by atoms with Crippen molar-refractivity contribution in [3.8, 4) is 0 Å². The molecule has 0 fully saturated rings. The molecular weight excluding hydrogens is 314 g/mol. The number of hydrogen-bond donors (Lipinski definition) is 1. The molecule has 0 saturated heterocycles. The van der Waals surface area contributed by atoms with Gasteiger partial charge in [-0.05, 0) is 60.5 Å². The zero-order chi connectivity index (χ0) is 17.1. The Morgan fingerprint density at radius 3 is 2.54 bits per heavy atom. The number of rotatable bonds is 6. The van der Waals surface area contributed by atoms with Gasteiger partial charge in [0.2, 0.25) is 0 Å². The zero-order valence-corrected chi connectivity index (χ0v) is 15.4. The number of thioether (sulfide) groups is 1. The molecule has 1 atom stereocenters. The number of aliphatic hydroxyl groups is 1. The van der Waals surface area contributed by atoms with Gasteiger partial charge in [-0.2, -0.15) is 0 Å². The molecule has 3 heteroatoms. The van der Waals surface area contributed by atoms with Crippen LogP contribution in [0.3, 0.4) is 0 Å². The zero-order valence-electron chi connectivity index (χ0n) is 14.6. The van der Waals surface area contributed by atoms with Crippen LogP contribution in [0.5, 0.6) is 0 Å². The second-order valence-electron chi connectivity index (χ2n) is 6.46. The lowest BCUT2D eigenvalue weighted by Crippen LogP contribution is -2.18. The third kappa shape index (κ3) is 3.85. The normalized spacial score (nSPS) is 12.7. The number of fused-ring (bicyclic) bond motifs is 1. The number of para-hydroxylation sites is 1. The molecule has 3 rings (SSSR count). The predicted octanol–water partition coefficient (Wildman–Crippen LogP) is 4.97. The van der Waals surface area contributed by atoms with E-state index in [1.807, 2.05) is 0 Å². The summed E-state index contributed by atoms with van der Waals surface area (Å²) in [5.74, 6) is 0.705. The topological polar surface area (TPSA) is 25.2 Å². The highest BCUT2D eigenvalue weighted by Crippen LogP contribution is 2.24. The molecule has 0 radical (unpaired) electrons. The molecule has 0 aliphatic rings. The van der Waals surface area contributed by atoms with Crippen molar-refractivity contribution in [2.75, 3.05) is 5.75 Å². The average Bonchev–Trinajstić information content (AvgIpc) is 2.95. The first kappa shape index (κ1) is 17.1. The van der Waals surface area contributed by atoms with Crippen LogP contribution in [0.2, 0.25) is 0 Å². The molecule has 0 saturated carbocycles. The Bertz CT molecular complexity index is 817. The Balaban J connectivity index is 1.70. The lowest BCUT2D eigenvalue weighted by atomic mass is 10.1. The van der Waals surface area contributed by atoms with E-state index < -0.39 is 0 Å². The summed E-state index contributed by atoms with van der Waals surface area (Å²) in [6.07, 6.45) is 2.74. The van der Waals surface area contributed by atoms with E-state index in [1.54, 1.807) is 11.8 Å². The first-order chi connectivity index (χ1) is 11.6. The van der Waals surface area contributed by atoms with Gasteiger partial charge in [0.05, 0.1) is 11.6 Å². The van der Waals surface area contributed by atoms with Gasteiger partial charge >= 0.3 is 0 Å². The van der Waals surface area contributed by atoms with Crippen LogP contribution in [0.1, 0.15) is 23.6 Å². The monoisotopic (exact) mass is 339 g/mol. The number of aryl methyl sites for hydroxylation is 3. The van der Waals surface area contributed by atoms with Gasteiger partial charge in [0.1, 0.15) is 0 Å². The molecule has 126 valence electrons. The molecule has 0 aliphatic carbocycles.